The number of ether oxygens (including phenoxy) is 1. The molecule has 0 bridgehead atoms. The molecule has 1 saturated heterocycles. The topological polar surface area (TPSA) is 97.1 Å². The first kappa shape index (κ1) is 18.9. The van der Waals surface area contributed by atoms with E-state index in [0.717, 1.165) is 11.3 Å². The number of anilines is 1. The van der Waals surface area contributed by atoms with Crippen molar-refractivity contribution in [2.75, 3.05) is 25.1 Å². The van der Waals surface area contributed by atoms with Crippen LogP contribution >= 0.6 is 0 Å². The lowest BCUT2D eigenvalue weighted by molar-refractivity contribution is -0.147. The predicted octanol–water partition coefficient (Wildman–Crippen LogP) is 1.57. The first-order valence-electron chi connectivity index (χ1n) is 9.32. The zero-order chi connectivity index (χ0) is 20.5. The van der Waals surface area contributed by atoms with Gasteiger partial charge >= 0.3 is 5.97 Å². The van der Waals surface area contributed by atoms with Crippen molar-refractivity contribution in [2.45, 2.75) is 19.4 Å². The second-order valence-electron chi connectivity index (χ2n) is 7.26. The van der Waals surface area contributed by atoms with Crippen LogP contribution in [0.5, 0.6) is 0 Å². The van der Waals surface area contributed by atoms with Crippen molar-refractivity contribution in [1.82, 2.24) is 4.90 Å². The van der Waals surface area contributed by atoms with Crippen LogP contribution in [0.4, 0.5) is 5.69 Å². The highest BCUT2D eigenvalue weighted by atomic mass is 16.5. The van der Waals surface area contributed by atoms with Crippen molar-refractivity contribution < 1.29 is 28.3 Å². The molecule has 1 fully saturated rings. The molecule has 3 heterocycles. The third-order valence-corrected chi connectivity index (χ3v) is 5.30. The first-order valence-corrected chi connectivity index (χ1v) is 9.32. The summed E-state index contributed by atoms with van der Waals surface area (Å²) in [7, 11) is 1.69. The standard InChI is InChI=1S/C21H20N2O6/c1-22-17-5-4-13(7-14(17)8-19(22)25)18(24)12-29-21(27)15-9-20(26)23(10-15)11-16-3-2-6-28-16/h2-7,15H,8-12H2,1H3/t15-/m1/s1. The molecule has 2 amide bonds. The van der Waals surface area contributed by atoms with Crippen molar-refractivity contribution in [2.24, 2.45) is 5.92 Å². The third-order valence-electron chi connectivity index (χ3n) is 5.30. The molecule has 2 aliphatic rings. The Kier molecular flexibility index (Phi) is 4.92. The Balaban J connectivity index is 1.32. The molecule has 0 N–H and O–H groups in total. The molecule has 0 unspecified atom stereocenters. The molecule has 0 radical (unpaired) electrons. The first-order chi connectivity index (χ1) is 13.9. The number of ketones is 1. The van der Waals surface area contributed by atoms with E-state index in [1.54, 1.807) is 47.2 Å². The summed E-state index contributed by atoms with van der Waals surface area (Å²) in [6, 6.07) is 8.50. The summed E-state index contributed by atoms with van der Waals surface area (Å²) in [4.78, 5) is 51.7. The molecule has 1 aromatic heterocycles. The summed E-state index contributed by atoms with van der Waals surface area (Å²) < 4.78 is 10.4. The van der Waals surface area contributed by atoms with Gasteiger partial charge in [0.2, 0.25) is 11.8 Å². The van der Waals surface area contributed by atoms with E-state index in [2.05, 4.69) is 0 Å². The van der Waals surface area contributed by atoms with Gasteiger partial charge in [0.15, 0.2) is 12.4 Å². The number of fused-ring (bicyclic) bond motifs is 1. The molecular formula is C21H20N2O6. The van der Waals surface area contributed by atoms with Gasteiger partial charge in [0.05, 0.1) is 25.1 Å². The van der Waals surface area contributed by atoms with Gasteiger partial charge in [-0.05, 0) is 35.9 Å². The minimum absolute atomic E-state index is 0.0268. The van der Waals surface area contributed by atoms with Gasteiger partial charge < -0.3 is 19.0 Å². The highest BCUT2D eigenvalue weighted by molar-refractivity contribution is 6.04. The van der Waals surface area contributed by atoms with Crippen LogP contribution in [0, 0.1) is 5.92 Å². The molecule has 0 aliphatic carbocycles. The maximum atomic E-state index is 12.4. The SMILES string of the molecule is CN1C(=O)Cc2cc(C(=O)COC(=O)[C@@H]3CC(=O)N(Cc4ccco4)C3)ccc21. The fraction of sp³-hybridized carbons (Fsp3) is 0.333. The van der Waals surface area contributed by atoms with Gasteiger partial charge in [-0.3, -0.25) is 19.2 Å². The third kappa shape index (κ3) is 3.78. The molecule has 2 aromatic rings. The number of likely N-dealkylation sites (N-methyl/N-ethyl adjacent to an activating group) is 1. The molecule has 150 valence electrons. The Labute approximate surface area is 167 Å². The molecule has 8 heteroatoms. The fourth-order valence-corrected chi connectivity index (χ4v) is 3.66. The second kappa shape index (κ2) is 7.54. The molecule has 0 saturated carbocycles. The molecule has 8 nitrogen and oxygen atoms in total. The van der Waals surface area contributed by atoms with E-state index in [1.165, 1.54) is 6.26 Å². The second-order valence-corrected chi connectivity index (χ2v) is 7.26. The van der Waals surface area contributed by atoms with E-state index in [4.69, 9.17) is 9.15 Å². The van der Waals surface area contributed by atoms with Crippen molar-refractivity contribution in [3.8, 4) is 0 Å². The maximum Gasteiger partial charge on any atom is 0.311 e. The summed E-state index contributed by atoms with van der Waals surface area (Å²) in [6.07, 6.45) is 1.84. The van der Waals surface area contributed by atoms with Crippen LogP contribution in [0.1, 0.15) is 28.1 Å². The Hall–Kier alpha value is -3.42. The van der Waals surface area contributed by atoms with Gasteiger partial charge in [0.1, 0.15) is 5.76 Å². The lowest BCUT2D eigenvalue weighted by atomic mass is 10.1. The monoisotopic (exact) mass is 396 g/mol. The zero-order valence-electron chi connectivity index (χ0n) is 15.9. The van der Waals surface area contributed by atoms with Gasteiger partial charge in [0.25, 0.3) is 0 Å². The van der Waals surface area contributed by atoms with E-state index in [1.807, 2.05) is 0 Å². The average Bonchev–Trinajstić information content (AvgIpc) is 3.41. The van der Waals surface area contributed by atoms with E-state index < -0.39 is 18.5 Å². The molecule has 2 aliphatic heterocycles. The molecule has 29 heavy (non-hydrogen) atoms. The molecule has 1 atom stereocenters. The minimum Gasteiger partial charge on any atom is -0.467 e. The highest BCUT2D eigenvalue weighted by Gasteiger charge is 2.36. The number of nitrogens with zero attached hydrogens (tertiary/aromatic N) is 2. The fourth-order valence-electron chi connectivity index (χ4n) is 3.66. The number of esters is 1. The minimum atomic E-state index is -0.600. The van der Waals surface area contributed by atoms with Crippen LogP contribution in [-0.2, 0) is 32.1 Å². The van der Waals surface area contributed by atoms with Crippen molar-refractivity contribution >= 4 is 29.3 Å². The number of furan rings is 1. The van der Waals surface area contributed by atoms with Gasteiger partial charge in [0, 0.05) is 31.3 Å². The van der Waals surface area contributed by atoms with Crippen molar-refractivity contribution in [1.29, 1.82) is 0 Å². The number of hydrogen-bond acceptors (Lipinski definition) is 6. The summed E-state index contributed by atoms with van der Waals surface area (Å²) in [5, 5.41) is 0. The van der Waals surface area contributed by atoms with Crippen LogP contribution in [-0.4, -0.2) is 48.7 Å². The summed E-state index contributed by atoms with van der Waals surface area (Å²) in [6.45, 7) is 0.140. The normalized spacial score (nSPS) is 18.3. The molecule has 0 spiro atoms. The van der Waals surface area contributed by atoms with Crippen LogP contribution < -0.4 is 4.90 Å². The average molecular weight is 396 g/mol. The van der Waals surface area contributed by atoms with Crippen molar-refractivity contribution in [3.63, 3.8) is 0 Å². The Morgan fingerprint density at radius 3 is 2.79 bits per heavy atom. The van der Waals surface area contributed by atoms with Gasteiger partial charge in [-0.15, -0.1) is 0 Å². The summed E-state index contributed by atoms with van der Waals surface area (Å²) in [5.41, 5.74) is 1.95. The lowest BCUT2D eigenvalue weighted by Gasteiger charge is -2.14. The van der Waals surface area contributed by atoms with E-state index in [9.17, 15) is 19.2 Å². The van der Waals surface area contributed by atoms with Gasteiger partial charge in [-0.25, -0.2) is 0 Å². The number of carbonyl (C=O) groups excluding carboxylic acids is 4. The highest BCUT2D eigenvalue weighted by Crippen LogP contribution is 2.28. The lowest BCUT2D eigenvalue weighted by Crippen LogP contribution is -2.27. The number of amides is 2. The number of benzene rings is 1. The van der Waals surface area contributed by atoms with E-state index in [0.29, 0.717) is 17.9 Å². The van der Waals surface area contributed by atoms with Crippen LogP contribution in [0.3, 0.4) is 0 Å². The molecule has 4 rings (SSSR count). The number of rotatable bonds is 6. The van der Waals surface area contributed by atoms with E-state index in [-0.39, 0.29) is 37.0 Å². The molecule has 1 aromatic carbocycles. The maximum absolute atomic E-state index is 12.4. The van der Waals surface area contributed by atoms with Crippen LogP contribution in [0.15, 0.2) is 41.0 Å². The van der Waals surface area contributed by atoms with Crippen LogP contribution in [0.2, 0.25) is 0 Å². The van der Waals surface area contributed by atoms with Gasteiger partial charge in [-0.1, -0.05) is 0 Å². The van der Waals surface area contributed by atoms with Crippen molar-refractivity contribution in [3.05, 3.63) is 53.5 Å². The largest absolute Gasteiger partial charge is 0.467 e. The summed E-state index contributed by atoms with van der Waals surface area (Å²) >= 11 is 0. The predicted molar refractivity (Wildman–Crippen MR) is 101 cm³/mol. The number of carbonyl (C=O) groups is 4. The number of hydrogen-bond donors (Lipinski definition) is 0. The number of likely N-dealkylation sites (tertiary alicyclic amines) is 1. The number of Topliss-reactive ketones (excluding diaryl/α,β-unsaturated/α-hetero) is 1. The Bertz CT molecular complexity index is 981. The zero-order valence-corrected chi connectivity index (χ0v) is 15.9. The Morgan fingerprint density at radius 2 is 2.03 bits per heavy atom. The van der Waals surface area contributed by atoms with Gasteiger partial charge in [-0.2, -0.15) is 0 Å². The smallest absolute Gasteiger partial charge is 0.311 e. The summed E-state index contributed by atoms with van der Waals surface area (Å²) in [5.74, 6) is -1.05. The van der Waals surface area contributed by atoms with Crippen LogP contribution in [0.25, 0.3) is 0 Å². The Morgan fingerprint density at radius 1 is 1.21 bits per heavy atom. The quantitative estimate of drug-likeness (QED) is 0.543. The van der Waals surface area contributed by atoms with E-state index >= 15 is 0 Å². The molecular weight excluding hydrogens is 376 g/mol.